The molecule has 0 saturated heterocycles. The summed E-state index contributed by atoms with van der Waals surface area (Å²) in [5.74, 6) is 0. The summed E-state index contributed by atoms with van der Waals surface area (Å²) in [6.45, 7) is 3.00. The van der Waals surface area contributed by atoms with Gasteiger partial charge >= 0.3 is 0 Å². The van der Waals surface area contributed by atoms with Gasteiger partial charge in [-0.25, -0.2) is 4.98 Å². The smallest absolute Gasteiger partial charge is 0.186 e. The quantitative estimate of drug-likeness (QED) is 0.489. The maximum atomic E-state index is 6.40. The zero-order valence-corrected chi connectivity index (χ0v) is 16.2. The molecule has 1 aromatic heterocycles. The van der Waals surface area contributed by atoms with Crippen LogP contribution < -0.4 is 4.90 Å². The molecule has 0 spiro atoms. The van der Waals surface area contributed by atoms with E-state index in [1.54, 1.807) is 17.4 Å². The first-order valence-electron chi connectivity index (χ1n) is 8.35. The second-order valence-corrected chi connectivity index (χ2v) is 8.40. The summed E-state index contributed by atoms with van der Waals surface area (Å²) in [6.07, 6.45) is 2.48. The van der Waals surface area contributed by atoms with E-state index in [4.69, 9.17) is 28.2 Å². The van der Waals surface area contributed by atoms with Crippen molar-refractivity contribution in [2.24, 2.45) is 0 Å². The van der Waals surface area contributed by atoms with E-state index < -0.39 is 0 Å². The highest BCUT2D eigenvalue weighted by Gasteiger charge is 2.31. The zero-order valence-electron chi connectivity index (χ0n) is 13.9. The van der Waals surface area contributed by atoms with Crippen LogP contribution >= 0.6 is 34.5 Å². The Hall–Kier alpha value is -1.55. The summed E-state index contributed by atoms with van der Waals surface area (Å²) in [4.78, 5) is 8.55. The molecule has 1 aliphatic carbocycles. The highest BCUT2D eigenvalue weighted by Crippen LogP contribution is 2.40. The minimum absolute atomic E-state index is 0.597. The van der Waals surface area contributed by atoms with Crippen LogP contribution in [0, 0.1) is 6.92 Å². The molecule has 0 aliphatic heterocycles. The van der Waals surface area contributed by atoms with Crippen LogP contribution in [0.25, 0.3) is 11.3 Å². The minimum Gasteiger partial charge on any atom is -0.341 e. The first-order valence-corrected chi connectivity index (χ1v) is 9.92. The van der Waals surface area contributed by atoms with Crippen LogP contribution in [0.3, 0.4) is 0 Å². The number of nitrogens with zero attached hydrogens (tertiary/aromatic N) is 2. The van der Waals surface area contributed by atoms with Crippen molar-refractivity contribution in [3.8, 4) is 11.3 Å². The fraction of sp³-hybridized carbons (Fsp3) is 0.250. The molecular formula is C20H18Cl2N2S. The molecule has 5 heteroatoms. The molecule has 128 valence electrons. The summed E-state index contributed by atoms with van der Waals surface area (Å²) in [5.41, 5.74) is 3.22. The molecule has 2 aromatic carbocycles. The van der Waals surface area contributed by atoms with Crippen molar-refractivity contribution in [2.75, 3.05) is 4.90 Å². The fourth-order valence-corrected chi connectivity index (χ4v) is 4.45. The van der Waals surface area contributed by atoms with E-state index in [9.17, 15) is 0 Å². The van der Waals surface area contributed by atoms with Crippen molar-refractivity contribution in [1.29, 1.82) is 0 Å². The Bertz CT molecular complexity index is 888. The zero-order chi connectivity index (χ0) is 17.4. The van der Waals surface area contributed by atoms with Crippen LogP contribution in [0.2, 0.25) is 10.0 Å². The van der Waals surface area contributed by atoms with E-state index in [0.717, 1.165) is 22.9 Å². The van der Waals surface area contributed by atoms with Crippen LogP contribution in [0.15, 0.2) is 48.5 Å². The molecule has 0 radical (unpaired) electrons. The van der Waals surface area contributed by atoms with Crippen LogP contribution in [-0.4, -0.2) is 11.0 Å². The maximum absolute atomic E-state index is 6.40. The highest BCUT2D eigenvalue weighted by molar-refractivity contribution is 7.16. The van der Waals surface area contributed by atoms with Gasteiger partial charge in [-0.2, -0.15) is 0 Å². The number of benzene rings is 2. The van der Waals surface area contributed by atoms with Gasteiger partial charge in [0.05, 0.1) is 10.7 Å². The van der Waals surface area contributed by atoms with E-state index in [2.05, 4.69) is 42.2 Å². The lowest BCUT2D eigenvalue weighted by molar-refractivity contribution is 0.790. The van der Waals surface area contributed by atoms with Crippen LogP contribution in [0.1, 0.15) is 23.3 Å². The fourth-order valence-electron chi connectivity index (χ4n) is 2.96. The lowest BCUT2D eigenvalue weighted by Crippen LogP contribution is -2.24. The molecule has 1 aliphatic rings. The summed E-state index contributed by atoms with van der Waals surface area (Å²) in [5, 5.41) is 2.36. The summed E-state index contributed by atoms with van der Waals surface area (Å²) >= 11 is 14.2. The lowest BCUT2D eigenvalue weighted by Gasteiger charge is -2.21. The van der Waals surface area contributed by atoms with Gasteiger partial charge < -0.3 is 4.90 Å². The number of anilines is 1. The molecule has 0 unspecified atom stereocenters. The molecule has 0 amide bonds. The Morgan fingerprint density at radius 2 is 1.88 bits per heavy atom. The number of hydrogen-bond donors (Lipinski definition) is 0. The minimum atomic E-state index is 0.597. The second-order valence-electron chi connectivity index (χ2n) is 6.37. The van der Waals surface area contributed by atoms with Gasteiger partial charge in [-0.1, -0.05) is 53.5 Å². The second kappa shape index (κ2) is 6.99. The summed E-state index contributed by atoms with van der Waals surface area (Å²) < 4.78 is 0. The third kappa shape index (κ3) is 3.69. The van der Waals surface area contributed by atoms with Crippen molar-refractivity contribution >= 4 is 39.7 Å². The Morgan fingerprint density at radius 3 is 2.56 bits per heavy atom. The number of halogens is 2. The van der Waals surface area contributed by atoms with E-state index in [-0.39, 0.29) is 0 Å². The van der Waals surface area contributed by atoms with Crippen molar-refractivity contribution in [3.63, 3.8) is 0 Å². The topological polar surface area (TPSA) is 16.1 Å². The van der Waals surface area contributed by atoms with Gasteiger partial charge in [0.2, 0.25) is 0 Å². The first kappa shape index (κ1) is 16.9. The average Bonchev–Trinajstić information content (AvgIpc) is 3.37. The first-order chi connectivity index (χ1) is 12.1. The SMILES string of the molecule is Cc1sc(N(Cc2ccccc2)C2CC2)nc1-c1ccc(Cl)cc1Cl. The monoisotopic (exact) mass is 388 g/mol. The van der Waals surface area contributed by atoms with Gasteiger partial charge in [0, 0.05) is 28.0 Å². The van der Waals surface area contributed by atoms with Gasteiger partial charge in [0.1, 0.15) is 0 Å². The number of thiazole rings is 1. The maximum Gasteiger partial charge on any atom is 0.186 e. The average molecular weight is 389 g/mol. The molecule has 1 fully saturated rings. The molecule has 4 rings (SSSR count). The van der Waals surface area contributed by atoms with Gasteiger partial charge in [-0.3, -0.25) is 0 Å². The normalized spacial score (nSPS) is 13.9. The van der Waals surface area contributed by atoms with Crippen molar-refractivity contribution in [3.05, 3.63) is 69.0 Å². The van der Waals surface area contributed by atoms with Crippen LogP contribution in [0.5, 0.6) is 0 Å². The highest BCUT2D eigenvalue weighted by atomic mass is 35.5. The Kier molecular flexibility index (Phi) is 4.72. The predicted molar refractivity (Wildman–Crippen MR) is 108 cm³/mol. The molecular weight excluding hydrogens is 371 g/mol. The number of hydrogen-bond acceptors (Lipinski definition) is 3. The molecule has 0 N–H and O–H groups in total. The number of rotatable bonds is 5. The Morgan fingerprint density at radius 1 is 1.12 bits per heavy atom. The van der Waals surface area contributed by atoms with E-state index in [1.807, 2.05) is 12.1 Å². The van der Waals surface area contributed by atoms with Gasteiger partial charge in [-0.15, -0.1) is 11.3 Å². The summed E-state index contributed by atoms with van der Waals surface area (Å²) in [7, 11) is 0. The van der Waals surface area contributed by atoms with E-state index >= 15 is 0 Å². The van der Waals surface area contributed by atoms with Gasteiger partial charge in [-0.05, 0) is 43.5 Å². The largest absolute Gasteiger partial charge is 0.341 e. The van der Waals surface area contributed by atoms with Crippen LogP contribution in [0.4, 0.5) is 5.13 Å². The number of aromatic nitrogens is 1. The Balaban J connectivity index is 1.68. The van der Waals surface area contributed by atoms with Crippen molar-refractivity contribution in [2.45, 2.75) is 32.4 Å². The number of aryl methyl sites for hydroxylation is 1. The van der Waals surface area contributed by atoms with E-state index in [1.165, 1.54) is 23.3 Å². The predicted octanol–water partition coefficient (Wildman–Crippen LogP) is 6.59. The molecule has 3 aromatic rings. The van der Waals surface area contributed by atoms with Crippen molar-refractivity contribution in [1.82, 2.24) is 4.98 Å². The summed E-state index contributed by atoms with van der Waals surface area (Å²) in [6, 6.07) is 16.8. The third-order valence-electron chi connectivity index (χ3n) is 4.40. The molecule has 25 heavy (non-hydrogen) atoms. The van der Waals surface area contributed by atoms with Crippen molar-refractivity contribution < 1.29 is 0 Å². The molecule has 1 saturated carbocycles. The molecule has 0 bridgehead atoms. The molecule has 1 heterocycles. The Labute approximate surface area is 162 Å². The van der Waals surface area contributed by atoms with E-state index in [0.29, 0.717) is 16.1 Å². The lowest BCUT2D eigenvalue weighted by atomic mass is 10.1. The molecule has 2 nitrogen and oxygen atoms in total. The standard InChI is InChI=1S/C20H18Cl2N2S/c1-13-19(17-10-7-15(21)11-18(17)22)23-20(25-13)24(16-8-9-16)12-14-5-3-2-4-6-14/h2-7,10-11,16H,8-9,12H2,1H3. The molecule has 0 atom stereocenters. The third-order valence-corrected chi connectivity index (χ3v) is 5.96. The van der Waals surface area contributed by atoms with Crippen LogP contribution in [-0.2, 0) is 6.54 Å². The van der Waals surface area contributed by atoms with Gasteiger partial charge in [0.25, 0.3) is 0 Å². The van der Waals surface area contributed by atoms with Gasteiger partial charge in [0.15, 0.2) is 5.13 Å².